The van der Waals surface area contributed by atoms with Crippen LogP contribution in [0.4, 0.5) is 5.69 Å². The lowest BCUT2D eigenvalue weighted by Crippen LogP contribution is -2.40. The Morgan fingerprint density at radius 3 is 2.64 bits per heavy atom. The first-order valence-electron chi connectivity index (χ1n) is 7.15. The number of carboxylic acid groups (broad SMARTS) is 1. The number of aliphatic carboxylic acids is 1. The van der Waals surface area contributed by atoms with E-state index < -0.39 is 17.9 Å². The van der Waals surface area contributed by atoms with Gasteiger partial charge >= 0.3 is 5.97 Å². The van der Waals surface area contributed by atoms with Gasteiger partial charge in [-0.1, -0.05) is 49.0 Å². The van der Waals surface area contributed by atoms with Crippen molar-refractivity contribution in [2.75, 3.05) is 11.9 Å². The fourth-order valence-corrected chi connectivity index (χ4v) is 2.23. The van der Waals surface area contributed by atoms with E-state index in [4.69, 9.17) is 28.3 Å². The highest BCUT2D eigenvalue weighted by molar-refractivity contribution is 6.43. The summed E-state index contributed by atoms with van der Waals surface area (Å²) in [7, 11) is 0. The number of carbonyl (C=O) groups excluding carboxylic acids is 1. The van der Waals surface area contributed by atoms with Gasteiger partial charge in [-0.25, -0.2) is 0 Å². The van der Waals surface area contributed by atoms with Gasteiger partial charge in [0.1, 0.15) is 6.04 Å². The molecule has 0 heterocycles. The molecule has 7 heteroatoms. The monoisotopic (exact) mass is 346 g/mol. The highest BCUT2D eigenvalue weighted by atomic mass is 35.5. The van der Waals surface area contributed by atoms with Gasteiger partial charge in [0.2, 0.25) is 5.91 Å². The minimum atomic E-state index is -1.05. The zero-order valence-electron chi connectivity index (χ0n) is 12.4. The van der Waals surface area contributed by atoms with E-state index >= 15 is 0 Å². The predicted molar refractivity (Wildman–Crippen MR) is 88.7 cm³/mol. The molecular weight excluding hydrogens is 327 g/mol. The maximum Gasteiger partial charge on any atom is 0.321 e. The molecule has 0 bridgehead atoms. The van der Waals surface area contributed by atoms with Crippen LogP contribution in [0.3, 0.4) is 0 Å². The van der Waals surface area contributed by atoms with Gasteiger partial charge in [0, 0.05) is 0 Å². The highest BCUT2D eigenvalue weighted by Gasteiger charge is 2.21. The Bertz CT molecular complexity index is 524. The first-order chi connectivity index (χ1) is 10.5. The molecule has 122 valence electrons. The standard InChI is InChI=1S/C15H20Cl2N2O3/c1-2-3-4-8-18-12(15(21)22)9-13(20)19-11-7-5-6-10(16)14(11)17/h5-7,12,18H,2-4,8-9H2,1H3,(H,19,20)(H,21,22). The number of carbonyl (C=O) groups is 2. The predicted octanol–water partition coefficient (Wildman–Crippen LogP) is 3.56. The molecule has 0 saturated heterocycles. The van der Waals surface area contributed by atoms with Crippen LogP contribution in [0.15, 0.2) is 18.2 Å². The largest absolute Gasteiger partial charge is 0.480 e. The summed E-state index contributed by atoms with van der Waals surface area (Å²) >= 11 is 11.8. The molecule has 1 amide bonds. The number of carboxylic acids is 1. The second kappa shape index (κ2) is 9.66. The maximum atomic E-state index is 12.0. The van der Waals surface area contributed by atoms with E-state index in [0.29, 0.717) is 17.3 Å². The van der Waals surface area contributed by atoms with Crippen molar-refractivity contribution >= 4 is 40.8 Å². The molecule has 22 heavy (non-hydrogen) atoms. The van der Waals surface area contributed by atoms with Crippen LogP contribution < -0.4 is 10.6 Å². The molecule has 0 radical (unpaired) electrons. The molecule has 0 aliphatic rings. The number of amides is 1. The molecule has 0 fully saturated rings. The number of benzene rings is 1. The lowest BCUT2D eigenvalue weighted by molar-refractivity contribution is -0.141. The van der Waals surface area contributed by atoms with Crippen molar-refractivity contribution in [3.8, 4) is 0 Å². The van der Waals surface area contributed by atoms with Gasteiger partial charge in [0.25, 0.3) is 0 Å². The lowest BCUT2D eigenvalue weighted by Gasteiger charge is -2.15. The molecule has 1 aromatic rings. The third kappa shape index (κ3) is 6.22. The first kappa shape index (κ1) is 18.7. The van der Waals surface area contributed by atoms with Crippen LogP contribution in [0, 0.1) is 0 Å². The summed E-state index contributed by atoms with van der Waals surface area (Å²) in [6.45, 7) is 2.63. The second-order valence-electron chi connectivity index (χ2n) is 4.91. The van der Waals surface area contributed by atoms with E-state index in [1.54, 1.807) is 18.2 Å². The van der Waals surface area contributed by atoms with Crippen molar-refractivity contribution in [1.82, 2.24) is 5.32 Å². The van der Waals surface area contributed by atoms with Crippen LogP contribution in [-0.2, 0) is 9.59 Å². The van der Waals surface area contributed by atoms with Gasteiger partial charge in [-0.05, 0) is 25.1 Å². The molecule has 0 spiro atoms. The molecular formula is C15H20Cl2N2O3. The Labute approximate surface area is 140 Å². The molecule has 3 N–H and O–H groups in total. The first-order valence-corrected chi connectivity index (χ1v) is 7.91. The van der Waals surface area contributed by atoms with Crippen molar-refractivity contribution in [1.29, 1.82) is 0 Å². The average Bonchev–Trinajstić information content (AvgIpc) is 2.47. The van der Waals surface area contributed by atoms with Gasteiger partial charge in [-0.15, -0.1) is 0 Å². The summed E-state index contributed by atoms with van der Waals surface area (Å²) in [4.78, 5) is 23.1. The number of anilines is 1. The Morgan fingerprint density at radius 2 is 2.00 bits per heavy atom. The van der Waals surface area contributed by atoms with Crippen LogP contribution in [0.25, 0.3) is 0 Å². The molecule has 0 saturated carbocycles. The highest BCUT2D eigenvalue weighted by Crippen LogP contribution is 2.29. The molecule has 1 unspecified atom stereocenters. The topological polar surface area (TPSA) is 78.4 Å². The molecule has 1 atom stereocenters. The minimum absolute atomic E-state index is 0.176. The van der Waals surface area contributed by atoms with Crippen LogP contribution in [0.2, 0.25) is 10.0 Å². The van der Waals surface area contributed by atoms with E-state index in [9.17, 15) is 9.59 Å². The van der Waals surface area contributed by atoms with Crippen LogP contribution in [0.5, 0.6) is 0 Å². The van der Waals surface area contributed by atoms with Crippen LogP contribution >= 0.6 is 23.2 Å². The Balaban J connectivity index is 2.56. The van der Waals surface area contributed by atoms with E-state index in [1.807, 2.05) is 0 Å². The third-order valence-electron chi connectivity index (χ3n) is 3.08. The average molecular weight is 347 g/mol. The van der Waals surface area contributed by atoms with E-state index in [-0.39, 0.29) is 11.4 Å². The maximum absolute atomic E-state index is 12.0. The Hall–Kier alpha value is -1.30. The van der Waals surface area contributed by atoms with Crippen molar-refractivity contribution in [2.45, 2.75) is 38.6 Å². The van der Waals surface area contributed by atoms with E-state index in [2.05, 4.69) is 17.6 Å². The Morgan fingerprint density at radius 1 is 1.27 bits per heavy atom. The number of rotatable bonds is 9. The summed E-state index contributed by atoms with van der Waals surface area (Å²) in [5.41, 5.74) is 0.370. The van der Waals surface area contributed by atoms with Crippen molar-refractivity contribution in [2.24, 2.45) is 0 Å². The second-order valence-corrected chi connectivity index (χ2v) is 5.69. The molecule has 0 aliphatic heterocycles. The number of halogens is 2. The van der Waals surface area contributed by atoms with Crippen molar-refractivity contribution in [3.05, 3.63) is 28.2 Å². The smallest absolute Gasteiger partial charge is 0.321 e. The number of nitrogens with one attached hydrogen (secondary N) is 2. The summed E-state index contributed by atoms with van der Waals surface area (Å²) < 4.78 is 0. The molecule has 1 rings (SSSR count). The van der Waals surface area contributed by atoms with Crippen molar-refractivity contribution < 1.29 is 14.7 Å². The molecule has 0 aliphatic carbocycles. The van der Waals surface area contributed by atoms with Gasteiger partial charge in [-0.3, -0.25) is 9.59 Å². The van der Waals surface area contributed by atoms with Gasteiger partial charge < -0.3 is 15.7 Å². The van der Waals surface area contributed by atoms with Gasteiger partial charge in [0.15, 0.2) is 0 Å². The van der Waals surface area contributed by atoms with Crippen LogP contribution in [-0.4, -0.2) is 29.6 Å². The minimum Gasteiger partial charge on any atom is -0.480 e. The quantitative estimate of drug-likeness (QED) is 0.597. The zero-order valence-corrected chi connectivity index (χ0v) is 13.9. The zero-order chi connectivity index (χ0) is 16.5. The fraction of sp³-hybridized carbons (Fsp3) is 0.467. The van der Waals surface area contributed by atoms with Crippen molar-refractivity contribution in [3.63, 3.8) is 0 Å². The number of hydrogen-bond donors (Lipinski definition) is 3. The van der Waals surface area contributed by atoms with E-state index in [1.165, 1.54) is 0 Å². The number of unbranched alkanes of at least 4 members (excludes halogenated alkanes) is 2. The summed E-state index contributed by atoms with van der Waals surface area (Å²) in [6.07, 6.45) is 2.77. The lowest BCUT2D eigenvalue weighted by atomic mass is 10.1. The van der Waals surface area contributed by atoms with Crippen LogP contribution in [0.1, 0.15) is 32.6 Å². The summed E-state index contributed by atoms with van der Waals surface area (Å²) in [6, 6.07) is 3.95. The van der Waals surface area contributed by atoms with Gasteiger partial charge in [-0.2, -0.15) is 0 Å². The van der Waals surface area contributed by atoms with Gasteiger partial charge in [0.05, 0.1) is 22.2 Å². The summed E-state index contributed by atoms with van der Waals surface area (Å²) in [5, 5.41) is 15.2. The van der Waals surface area contributed by atoms with E-state index in [0.717, 1.165) is 19.3 Å². The SMILES string of the molecule is CCCCCNC(CC(=O)Nc1cccc(Cl)c1Cl)C(=O)O. The third-order valence-corrected chi connectivity index (χ3v) is 3.90. The Kier molecular flexibility index (Phi) is 8.24. The number of hydrogen-bond acceptors (Lipinski definition) is 3. The normalized spacial score (nSPS) is 12.0. The molecule has 5 nitrogen and oxygen atoms in total. The fourth-order valence-electron chi connectivity index (χ4n) is 1.89. The molecule has 1 aromatic carbocycles. The summed E-state index contributed by atoms with van der Waals surface area (Å²) in [5.74, 6) is -1.48. The molecule has 0 aromatic heterocycles.